The predicted octanol–water partition coefficient (Wildman–Crippen LogP) is 3.12. The summed E-state index contributed by atoms with van der Waals surface area (Å²) < 4.78 is 2.10. The van der Waals surface area contributed by atoms with E-state index < -0.39 is 0 Å². The second-order valence-electron chi connectivity index (χ2n) is 4.22. The van der Waals surface area contributed by atoms with Crippen molar-refractivity contribution < 1.29 is 0 Å². The van der Waals surface area contributed by atoms with E-state index in [1.165, 1.54) is 28.2 Å². The van der Waals surface area contributed by atoms with Gasteiger partial charge in [0.25, 0.3) is 0 Å². The van der Waals surface area contributed by atoms with E-state index in [-0.39, 0.29) is 0 Å². The Kier molecular flexibility index (Phi) is 2.51. The molecule has 0 aliphatic carbocycles. The van der Waals surface area contributed by atoms with Crippen LogP contribution in [0.2, 0.25) is 0 Å². The average Bonchev–Trinajstić information content (AvgIpc) is 2.44. The second kappa shape index (κ2) is 3.69. The maximum Gasteiger partial charge on any atom is 0.0658 e. The minimum Gasteiger partial charge on any atom is -0.241 e. The standard InChI is InChI=1S/C13H18N2/c1-5-12-11(4)13-7-6-9(2)8-10(3)15(13)14-12/h6,8H,5,7H2,1-4H3. The van der Waals surface area contributed by atoms with Gasteiger partial charge in [-0.05, 0) is 38.8 Å². The van der Waals surface area contributed by atoms with Gasteiger partial charge in [0.05, 0.1) is 11.4 Å². The van der Waals surface area contributed by atoms with Crippen molar-refractivity contribution >= 4 is 5.70 Å². The summed E-state index contributed by atoms with van der Waals surface area (Å²) >= 11 is 0. The SMILES string of the molecule is CCc1nn2c(c1C)CC=C(C)C=C2C. The van der Waals surface area contributed by atoms with E-state index in [9.17, 15) is 0 Å². The molecule has 1 aromatic rings. The van der Waals surface area contributed by atoms with Crippen molar-refractivity contribution in [1.29, 1.82) is 0 Å². The van der Waals surface area contributed by atoms with Gasteiger partial charge < -0.3 is 0 Å². The number of hydrogen-bond donors (Lipinski definition) is 0. The second-order valence-corrected chi connectivity index (χ2v) is 4.22. The van der Waals surface area contributed by atoms with Gasteiger partial charge in [-0.15, -0.1) is 0 Å². The molecular weight excluding hydrogens is 184 g/mol. The van der Waals surface area contributed by atoms with Crippen LogP contribution in [0.3, 0.4) is 0 Å². The molecule has 1 aliphatic heterocycles. The van der Waals surface area contributed by atoms with Crippen LogP contribution >= 0.6 is 0 Å². The normalized spacial score (nSPS) is 15.5. The molecule has 2 nitrogen and oxygen atoms in total. The lowest BCUT2D eigenvalue weighted by atomic mass is 10.1. The van der Waals surface area contributed by atoms with Gasteiger partial charge in [-0.3, -0.25) is 0 Å². The van der Waals surface area contributed by atoms with Crippen LogP contribution < -0.4 is 0 Å². The monoisotopic (exact) mass is 202 g/mol. The summed E-state index contributed by atoms with van der Waals surface area (Å²) in [4.78, 5) is 0. The number of allylic oxidation sites excluding steroid dienone is 4. The molecule has 0 amide bonds. The summed E-state index contributed by atoms with van der Waals surface area (Å²) in [5, 5.41) is 4.66. The van der Waals surface area contributed by atoms with Crippen LogP contribution in [0.5, 0.6) is 0 Å². The van der Waals surface area contributed by atoms with Crippen molar-refractivity contribution in [1.82, 2.24) is 9.78 Å². The van der Waals surface area contributed by atoms with Gasteiger partial charge in [0.1, 0.15) is 0 Å². The molecule has 0 aromatic carbocycles. The predicted molar refractivity (Wildman–Crippen MR) is 63.8 cm³/mol. The highest BCUT2D eigenvalue weighted by molar-refractivity contribution is 5.52. The molecule has 1 aromatic heterocycles. The van der Waals surface area contributed by atoms with Crippen molar-refractivity contribution in [3.8, 4) is 0 Å². The average molecular weight is 202 g/mol. The molecule has 0 unspecified atom stereocenters. The Bertz CT molecular complexity index is 447. The third kappa shape index (κ3) is 1.65. The van der Waals surface area contributed by atoms with Crippen LogP contribution in [0, 0.1) is 6.92 Å². The van der Waals surface area contributed by atoms with E-state index in [1.54, 1.807) is 0 Å². The molecule has 0 N–H and O–H groups in total. The van der Waals surface area contributed by atoms with Crippen LogP contribution in [0.25, 0.3) is 5.70 Å². The van der Waals surface area contributed by atoms with E-state index in [0.29, 0.717) is 0 Å². The Morgan fingerprint density at radius 1 is 1.33 bits per heavy atom. The van der Waals surface area contributed by atoms with Crippen molar-refractivity contribution in [3.63, 3.8) is 0 Å². The molecule has 2 rings (SSSR count). The molecule has 80 valence electrons. The fraction of sp³-hybridized carbons (Fsp3) is 0.462. The molecule has 0 fully saturated rings. The molecule has 15 heavy (non-hydrogen) atoms. The van der Waals surface area contributed by atoms with Gasteiger partial charge in [-0.1, -0.05) is 18.6 Å². The van der Waals surface area contributed by atoms with Gasteiger partial charge in [-0.2, -0.15) is 5.10 Å². The van der Waals surface area contributed by atoms with Crippen LogP contribution in [0.15, 0.2) is 17.7 Å². The lowest BCUT2D eigenvalue weighted by Crippen LogP contribution is -2.00. The zero-order chi connectivity index (χ0) is 11.0. The fourth-order valence-corrected chi connectivity index (χ4v) is 2.16. The number of rotatable bonds is 1. The Morgan fingerprint density at radius 2 is 2.07 bits per heavy atom. The Hall–Kier alpha value is -1.31. The van der Waals surface area contributed by atoms with E-state index in [4.69, 9.17) is 0 Å². The number of fused-ring (bicyclic) bond motifs is 1. The van der Waals surface area contributed by atoms with Gasteiger partial charge in [0, 0.05) is 12.1 Å². The molecule has 0 saturated heterocycles. The van der Waals surface area contributed by atoms with E-state index in [2.05, 4.69) is 49.6 Å². The minimum absolute atomic E-state index is 0.999. The molecule has 0 radical (unpaired) electrons. The zero-order valence-electron chi connectivity index (χ0n) is 9.96. The summed E-state index contributed by atoms with van der Waals surface area (Å²) in [6.45, 7) is 8.61. The van der Waals surface area contributed by atoms with Crippen molar-refractivity contribution in [2.75, 3.05) is 0 Å². The summed E-state index contributed by atoms with van der Waals surface area (Å²) in [6, 6.07) is 0. The van der Waals surface area contributed by atoms with Gasteiger partial charge in [-0.25, -0.2) is 4.68 Å². The molecule has 2 heterocycles. The minimum atomic E-state index is 0.999. The van der Waals surface area contributed by atoms with E-state index >= 15 is 0 Å². The highest BCUT2D eigenvalue weighted by Gasteiger charge is 2.14. The summed E-state index contributed by atoms with van der Waals surface area (Å²) in [5.41, 5.74) is 6.48. The van der Waals surface area contributed by atoms with Gasteiger partial charge in [0.2, 0.25) is 0 Å². The van der Waals surface area contributed by atoms with Crippen LogP contribution in [0.4, 0.5) is 0 Å². The van der Waals surface area contributed by atoms with Gasteiger partial charge >= 0.3 is 0 Å². The molecule has 0 atom stereocenters. The van der Waals surface area contributed by atoms with Crippen LogP contribution in [0.1, 0.15) is 37.7 Å². The first kappa shape index (κ1) is 10.2. The molecule has 1 aliphatic rings. The fourth-order valence-electron chi connectivity index (χ4n) is 2.16. The molecule has 0 spiro atoms. The molecule has 0 bridgehead atoms. The van der Waals surface area contributed by atoms with Crippen molar-refractivity contribution in [2.24, 2.45) is 0 Å². The Labute approximate surface area is 91.3 Å². The number of hydrogen-bond acceptors (Lipinski definition) is 1. The Balaban J connectivity index is 2.58. The molecule has 0 saturated carbocycles. The first-order valence-corrected chi connectivity index (χ1v) is 5.56. The van der Waals surface area contributed by atoms with Crippen molar-refractivity contribution in [3.05, 3.63) is 34.7 Å². The first-order valence-electron chi connectivity index (χ1n) is 5.56. The lowest BCUT2D eigenvalue weighted by Gasteiger charge is -2.03. The quantitative estimate of drug-likeness (QED) is 0.684. The summed E-state index contributed by atoms with van der Waals surface area (Å²) in [7, 11) is 0. The number of nitrogens with zero attached hydrogens (tertiary/aromatic N) is 2. The van der Waals surface area contributed by atoms with E-state index in [1.807, 2.05) is 0 Å². The molecular formula is C13H18N2. The maximum atomic E-state index is 4.66. The first-order chi connectivity index (χ1) is 7.13. The third-order valence-electron chi connectivity index (χ3n) is 3.07. The van der Waals surface area contributed by atoms with Crippen LogP contribution in [-0.4, -0.2) is 9.78 Å². The maximum absolute atomic E-state index is 4.66. The van der Waals surface area contributed by atoms with Crippen molar-refractivity contribution in [2.45, 2.75) is 40.5 Å². The topological polar surface area (TPSA) is 17.8 Å². The smallest absolute Gasteiger partial charge is 0.0658 e. The summed E-state index contributed by atoms with van der Waals surface area (Å²) in [6.07, 6.45) is 6.49. The zero-order valence-corrected chi connectivity index (χ0v) is 9.96. The van der Waals surface area contributed by atoms with Gasteiger partial charge in [0.15, 0.2) is 0 Å². The largest absolute Gasteiger partial charge is 0.241 e. The Morgan fingerprint density at radius 3 is 2.73 bits per heavy atom. The lowest BCUT2D eigenvalue weighted by molar-refractivity contribution is 0.820. The summed E-state index contributed by atoms with van der Waals surface area (Å²) in [5.74, 6) is 0. The molecule has 2 heteroatoms. The number of aryl methyl sites for hydroxylation is 1. The van der Waals surface area contributed by atoms with Crippen LogP contribution in [-0.2, 0) is 12.8 Å². The third-order valence-corrected chi connectivity index (χ3v) is 3.07. The highest BCUT2D eigenvalue weighted by atomic mass is 15.3. The van der Waals surface area contributed by atoms with E-state index in [0.717, 1.165) is 12.8 Å². The highest BCUT2D eigenvalue weighted by Crippen LogP contribution is 2.22. The number of aromatic nitrogens is 2.